The summed E-state index contributed by atoms with van der Waals surface area (Å²) in [5.74, 6) is -1.27. The molecule has 1 heterocycles. The molecule has 0 aliphatic heterocycles. The summed E-state index contributed by atoms with van der Waals surface area (Å²) in [5, 5.41) is 9.71. The zero-order chi connectivity index (χ0) is 22.0. The minimum absolute atomic E-state index is 0.0377. The number of hydrogen-bond acceptors (Lipinski definition) is 4. The number of amides is 1. The topological polar surface area (TPSA) is 79.7 Å². The smallest absolute Gasteiger partial charge is 0.415 e. The first kappa shape index (κ1) is 20.9. The molecular formula is C24H21ClN2O4. The van der Waals surface area contributed by atoms with E-state index in [9.17, 15) is 14.7 Å². The molecule has 0 saturated carbocycles. The minimum Gasteiger partial charge on any atom is -0.480 e. The molecule has 1 N–H and O–H groups in total. The number of aromatic nitrogens is 1. The Morgan fingerprint density at radius 3 is 2.23 bits per heavy atom. The summed E-state index contributed by atoms with van der Waals surface area (Å²) in [5.41, 5.74) is 4.59. The summed E-state index contributed by atoms with van der Waals surface area (Å²) < 4.78 is 5.68. The lowest BCUT2D eigenvalue weighted by Crippen LogP contribution is -2.46. The predicted molar refractivity (Wildman–Crippen MR) is 119 cm³/mol. The maximum atomic E-state index is 13.1. The van der Waals surface area contributed by atoms with E-state index in [-0.39, 0.29) is 29.8 Å². The molecule has 1 amide bonds. The van der Waals surface area contributed by atoms with E-state index in [4.69, 9.17) is 16.3 Å². The number of aliphatic carboxylic acids is 1. The van der Waals surface area contributed by atoms with Crippen LogP contribution in [0.4, 0.5) is 10.5 Å². The first-order valence-corrected chi connectivity index (χ1v) is 10.4. The highest BCUT2D eigenvalue weighted by Gasteiger charge is 2.34. The molecule has 0 fully saturated rings. The molecule has 4 rings (SSSR count). The van der Waals surface area contributed by atoms with E-state index in [0.717, 1.165) is 27.2 Å². The Balaban J connectivity index is 1.63. The fraction of sp³-hybridized carbons (Fsp3) is 0.208. The van der Waals surface area contributed by atoms with E-state index in [1.54, 1.807) is 19.1 Å². The summed E-state index contributed by atoms with van der Waals surface area (Å²) in [4.78, 5) is 30.0. The van der Waals surface area contributed by atoms with E-state index in [0.29, 0.717) is 0 Å². The number of fused-ring (bicyclic) bond motifs is 3. The number of benzene rings is 2. The third-order valence-electron chi connectivity index (χ3n) is 5.52. The van der Waals surface area contributed by atoms with Gasteiger partial charge in [-0.3, -0.25) is 4.90 Å². The van der Waals surface area contributed by atoms with Gasteiger partial charge in [-0.05, 0) is 40.8 Å². The van der Waals surface area contributed by atoms with Crippen molar-refractivity contribution in [2.45, 2.75) is 25.3 Å². The van der Waals surface area contributed by atoms with Gasteiger partial charge in [0.2, 0.25) is 0 Å². The van der Waals surface area contributed by atoms with Crippen LogP contribution in [0.3, 0.4) is 0 Å². The van der Waals surface area contributed by atoms with Crippen LogP contribution in [-0.4, -0.2) is 34.8 Å². The Hall–Kier alpha value is -3.38. The number of halogens is 1. The van der Waals surface area contributed by atoms with Crippen LogP contribution in [-0.2, 0) is 9.53 Å². The minimum atomic E-state index is -1.14. The van der Waals surface area contributed by atoms with E-state index in [1.165, 1.54) is 6.20 Å². The van der Waals surface area contributed by atoms with Crippen LogP contribution in [0.5, 0.6) is 0 Å². The Labute approximate surface area is 185 Å². The zero-order valence-electron chi connectivity index (χ0n) is 16.9. The van der Waals surface area contributed by atoms with Crippen molar-refractivity contribution in [3.8, 4) is 11.1 Å². The third kappa shape index (κ3) is 3.86. The molecule has 2 aromatic carbocycles. The number of carbonyl (C=O) groups excluding carboxylic acids is 1. The van der Waals surface area contributed by atoms with Crippen LogP contribution in [0.25, 0.3) is 11.1 Å². The van der Waals surface area contributed by atoms with Gasteiger partial charge in [0.25, 0.3) is 0 Å². The van der Waals surface area contributed by atoms with Gasteiger partial charge in [-0.2, -0.15) is 0 Å². The average Bonchev–Trinajstić information content (AvgIpc) is 3.10. The van der Waals surface area contributed by atoms with Crippen LogP contribution >= 0.6 is 11.6 Å². The standard InChI is InChI=1S/C24H21ClN2O4/c1-2-20(23(28)29)27(21-12-7-13-26-22(21)25)24(30)31-14-19-17-10-5-3-8-15(17)16-9-4-6-11-18(16)19/h3-13,19-20H,2,14H2,1H3,(H,28,29). The first-order chi connectivity index (χ1) is 15.0. The lowest BCUT2D eigenvalue weighted by molar-refractivity contribution is -0.138. The summed E-state index contributed by atoms with van der Waals surface area (Å²) in [6.07, 6.45) is 0.889. The molecular weight excluding hydrogens is 416 g/mol. The quantitative estimate of drug-likeness (QED) is 0.526. The second-order valence-corrected chi connectivity index (χ2v) is 7.61. The van der Waals surface area contributed by atoms with Crippen LogP contribution in [0.15, 0.2) is 66.9 Å². The monoisotopic (exact) mass is 436 g/mol. The molecule has 0 saturated heterocycles. The van der Waals surface area contributed by atoms with Crippen molar-refractivity contribution < 1.29 is 19.4 Å². The van der Waals surface area contributed by atoms with Crippen molar-refractivity contribution >= 4 is 29.4 Å². The summed E-state index contributed by atoms with van der Waals surface area (Å²) in [7, 11) is 0. The second kappa shape index (κ2) is 8.78. The summed E-state index contributed by atoms with van der Waals surface area (Å²) in [6, 6.07) is 18.1. The van der Waals surface area contributed by atoms with Gasteiger partial charge < -0.3 is 9.84 Å². The first-order valence-electron chi connectivity index (χ1n) is 10.0. The molecule has 0 spiro atoms. The maximum absolute atomic E-state index is 13.1. The SMILES string of the molecule is CCC(C(=O)O)N(C(=O)OCC1c2ccccc2-c2ccccc21)c1cccnc1Cl. The van der Waals surface area contributed by atoms with Crippen molar-refractivity contribution in [2.24, 2.45) is 0 Å². The number of ether oxygens (including phenoxy) is 1. The van der Waals surface area contributed by atoms with Crippen LogP contribution < -0.4 is 4.90 Å². The Morgan fingerprint density at radius 2 is 1.68 bits per heavy atom. The molecule has 1 atom stereocenters. The highest BCUT2D eigenvalue weighted by atomic mass is 35.5. The lowest BCUT2D eigenvalue weighted by atomic mass is 9.98. The Kier molecular flexibility index (Phi) is 5.91. The number of rotatable bonds is 6. The molecule has 1 aliphatic rings. The van der Waals surface area contributed by atoms with Crippen molar-refractivity contribution in [3.63, 3.8) is 0 Å². The molecule has 3 aromatic rings. The normalized spacial score (nSPS) is 13.2. The number of hydrogen-bond donors (Lipinski definition) is 1. The van der Waals surface area contributed by atoms with Crippen molar-refractivity contribution in [3.05, 3.63) is 83.1 Å². The van der Waals surface area contributed by atoms with Crippen molar-refractivity contribution in [1.82, 2.24) is 4.98 Å². The highest BCUT2D eigenvalue weighted by Crippen LogP contribution is 2.44. The van der Waals surface area contributed by atoms with E-state index in [2.05, 4.69) is 17.1 Å². The van der Waals surface area contributed by atoms with Gasteiger partial charge in [0, 0.05) is 12.1 Å². The maximum Gasteiger partial charge on any atom is 0.415 e. The average molecular weight is 437 g/mol. The van der Waals surface area contributed by atoms with Gasteiger partial charge >= 0.3 is 12.1 Å². The van der Waals surface area contributed by atoms with Crippen molar-refractivity contribution in [1.29, 1.82) is 0 Å². The summed E-state index contributed by atoms with van der Waals surface area (Å²) >= 11 is 6.18. The van der Waals surface area contributed by atoms with Gasteiger partial charge in [-0.1, -0.05) is 67.1 Å². The largest absolute Gasteiger partial charge is 0.480 e. The predicted octanol–water partition coefficient (Wildman–Crippen LogP) is 5.35. The second-order valence-electron chi connectivity index (χ2n) is 7.25. The molecule has 1 unspecified atom stereocenters. The van der Waals surface area contributed by atoms with Gasteiger partial charge in [-0.25, -0.2) is 14.6 Å². The number of anilines is 1. The van der Waals surface area contributed by atoms with Gasteiger partial charge in [-0.15, -0.1) is 0 Å². The number of carbonyl (C=O) groups is 2. The number of pyridine rings is 1. The Morgan fingerprint density at radius 1 is 1.06 bits per heavy atom. The van der Waals surface area contributed by atoms with Gasteiger partial charge in [0.1, 0.15) is 12.6 Å². The lowest BCUT2D eigenvalue weighted by Gasteiger charge is -2.28. The molecule has 6 nitrogen and oxygen atoms in total. The molecule has 158 valence electrons. The Bertz CT molecular complexity index is 1090. The van der Waals surface area contributed by atoms with Gasteiger partial charge in [0.15, 0.2) is 5.15 Å². The zero-order valence-corrected chi connectivity index (χ0v) is 17.6. The third-order valence-corrected chi connectivity index (χ3v) is 5.81. The fourth-order valence-electron chi connectivity index (χ4n) is 4.08. The molecule has 1 aromatic heterocycles. The number of nitrogens with zero attached hydrogens (tertiary/aromatic N) is 2. The van der Waals surface area contributed by atoms with Crippen molar-refractivity contribution in [2.75, 3.05) is 11.5 Å². The van der Waals surface area contributed by atoms with E-state index >= 15 is 0 Å². The fourth-order valence-corrected chi connectivity index (χ4v) is 4.29. The number of carboxylic acids is 1. The highest BCUT2D eigenvalue weighted by molar-refractivity contribution is 6.32. The molecule has 1 aliphatic carbocycles. The molecule has 7 heteroatoms. The van der Waals surface area contributed by atoms with Crippen LogP contribution in [0.1, 0.15) is 30.4 Å². The van der Waals surface area contributed by atoms with E-state index < -0.39 is 18.1 Å². The van der Waals surface area contributed by atoms with E-state index in [1.807, 2.05) is 36.4 Å². The summed E-state index contributed by atoms with van der Waals surface area (Å²) in [6.45, 7) is 1.77. The van der Waals surface area contributed by atoms with Gasteiger partial charge in [0.05, 0.1) is 5.69 Å². The molecule has 31 heavy (non-hydrogen) atoms. The van der Waals surface area contributed by atoms with Crippen LogP contribution in [0.2, 0.25) is 5.15 Å². The molecule has 0 radical (unpaired) electrons. The van der Waals surface area contributed by atoms with Crippen LogP contribution in [0, 0.1) is 0 Å². The number of carboxylic acid groups (broad SMARTS) is 1. The molecule has 0 bridgehead atoms.